The quantitative estimate of drug-likeness (QED) is 0.603. The van der Waals surface area contributed by atoms with E-state index in [1.54, 1.807) is 24.3 Å². The first-order valence-corrected chi connectivity index (χ1v) is 5.69. The second kappa shape index (κ2) is 4.45. The molecule has 0 spiro atoms. The van der Waals surface area contributed by atoms with Gasteiger partial charge in [0.15, 0.2) is 5.78 Å². The van der Waals surface area contributed by atoms with Crippen LogP contribution in [0.3, 0.4) is 0 Å². The average Bonchev–Trinajstić information content (AvgIpc) is 2.89. The van der Waals surface area contributed by atoms with Crippen molar-refractivity contribution in [1.82, 2.24) is 0 Å². The summed E-state index contributed by atoms with van der Waals surface area (Å²) in [6.45, 7) is 1.40. The topological polar surface area (TPSA) is 47.3 Å². The number of rotatable bonds is 4. The van der Waals surface area contributed by atoms with Gasteiger partial charge >= 0.3 is 0 Å². The Morgan fingerprint density at radius 2 is 2.12 bits per heavy atom. The van der Waals surface area contributed by atoms with Gasteiger partial charge in [-0.1, -0.05) is 6.07 Å². The highest BCUT2D eigenvalue weighted by Gasteiger charge is 2.29. The lowest BCUT2D eigenvalue weighted by Gasteiger charge is -2.08. The first kappa shape index (κ1) is 10.8. The highest BCUT2D eigenvalue weighted by atomic mass is 32.1. The Morgan fingerprint density at radius 1 is 1.31 bits per heavy atom. The van der Waals surface area contributed by atoms with Gasteiger partial charge in [0.2, 0.25) is 0 Å². The molecule has 0 bridgehead atoms. The van der Waals surface area contributed by atoms with Crippen LogP contribution in [0.5, 0.6) is 0 Å². The van der Waals surface area contributed by atoms with E-state index in [-0.39, 0.29) is 11.6 Å². The minimum absolute atomic E-state index is 0.197. The van der Waals surface area contributed by atoms with E-state index >= 15 is 0 Å². The summed E-state index contributed by atoms with van der Waals surface area (Å²) in [5, 5.41) is 1.81. The molecule has 0 saturated carbocycles. The second-order valence-corrected chi connectivity index (χ2v) is 4.35. The molecule has 1 unspecified atom stereocenters. The normalized spacial score (nSPS) is 12.3. The van der Waals surface area contributed by atoms with Gasteiger partial charge < -0.3 is 4.42 Å². The summed E-state index contributed by atoms with van der Waals surface area (Å²) < 4.78 is 5.14. The average molecular weight is 234 g/mol. The van der Waals surface area contributed by atoms with Gasteiger partial charge in [-0.15, -0.1) is 11.3 Å². The second-order valence-electron chi connectivity index (χ2n) is 3.40. The summed E-state index contributed by atoms with van der Waals surface area (Å²) in [6, 6.07) is 6.83. The first-order valence-electron chi connectivity index (χ1n) is 4.81. The third-order valence-electron chi connectivity index (χ3n) is 2.26. The van der Waals surface area contributed by atoms with E-state index in [0.29, 0.717) is 10.6 Å². The minimum Gasteiger partial charge on any atom is -0.468 e. The lowest BCUT2D eigenvalue weighted by Crippen LogP contribution is -2.18. The number of Topliss-reactive ketones (excluding diaryl/α,β-unsaturated/α-hetero) is 2. The van der Waals surface area contributed by atoms with Crippen molar-refractivity contribution in [3.05, 3.63) is 46.5 Å². The Hall–Kier alpha value is -1.68. The van der Waals surface area contributed by atoms with Gasteiger partial charge in [0.25, 0.3) is 0 Å². The van der Waals surface area contributed by atoms with E-state index in [9.17, 15) is 9.59 Å². The van der Waals surface area contributed by atoms with Crippen LogP contribution in [0.25, 0.3) is 0 Å². The van der Waals surface area contributed by atoms with Crippen LogP contribution in [0.1, 0.15) is 28.3 Å². The fourth-order valence-electron chi connectivity index (χ4n) is 1.53. The maximum absolute atomic E-state index is 12.1. The van der Waals surface area contributed by atoms with Gasteiger partial charge in [-0.3, -0.25) is 9.59 Å². The van der Waals surface area contributed by atoms with Crippen molar-refractivity contribution < 1.29 is 14.0 Å². The molecule has 0 fully saturated rings. The third kappa shape index (κ3) is 1.97. The Bertz CT molecular complexity index is 482. The lowest BCUT2D eigenvalue weighted by molar-refractivity contribution is -0.117. The molecule has 0 amide bonds. The van der Waals surface area contributed by atoms with E-state index < -0.39 is 5.92 Å². The maximum atomic E-state index is 12.1. The van der Waals surface area contributed by atoms with Crippen molar-refractivity contribution in [3.63, 3.8) is 0 Å². The zero-order valence-corrected chi connectivity index (χ0v) is 9.49. The van der Waals surface area contributed by atoms with Crippen molar-refractivity contribution in [2.75, 3.05) is 0 Å². The molecule has 82 valence electrons. The highest BCUT2D eigenvalue weighted by Crippen LogP contribution is 2.24. The number of ketones is 2. The number of carbonyl (C=O) groups is 2. The minimum atomic E-state index is -0.811. The molecule has 0 radical (unpaired) electrons. The number of hydrogen-bond donors (Lipinski definition) is 0. The molecule has 2 aromatic rings. The standard InChI is InChI=1S/C12H10O3S/c1-8(13)11(9-4-2-6-15-9)12(14)10-5-3-7-16-10/h2-7,11H,1H3. The Kier molecular flexibility index (Phi) is 3.01. The molecule has 0 aliphatic carbocycles. The Labute approximate surface area is 96.7 Å². The summed E-state index contributed by atoms with van der Waals surface area (Å²) in [4.78, 5) is 24.2. The zero-order chi connectivity index (χ0) is 11.5. The highest BCUT2D eigenvalue weighted by molar-refractivity contribution is 7.12. The van der Waals surface area contributed by atoms with Gasteiger partial charge in [0.05, 0.1) is 11.1 Å². The Morgan fingerprint density at radius 3 is 2.62 bits per heavy atom. The molecular formula is C12H10O3S. The number of hydrogen-bond acceptors (Lipinski definition) is 4. The summed E-state index contributed by atoms with van der Waals surface area (Å²) in [5.41, 5.74) is 0. The maximum Gasteiger partial charge on any atom is 0.190 e. The molecule has 2 aromatic heterocycles. The lowest BCUT2D eigenvalue weighted by atomic mass is 9.96. The van der Waals surface area contributed by atoms with Crippen LogP contribution in [0, 0.1) is 0 Å². The largest absolute Gasteiger partial charge is 0.468 e. The number of carbonyl (C=O) groups excluding carboxylic acids is 2. The fraction of sp³-hybridized carbons (Fsp3) is 0.167. The van der Waals surface area contributed by atoms with Crippen LogP contribution >= 0.6 is 11.3 Å². The smallest absolute Gasteiger partial charge is 0.190 e. The van der Waals surface area contributed by atoms with Gasteiger partial charge in [-0.25, -0.2) is 0 Å². The molecule has 16 heavy (non-hydrogen) atoms. The molecule has 0 saturated heterocycles. The molecular weight excluding hydrogens is 224 g/mol. The van der Waals surface area contributed by atoms with Crippen LogP contribution in [-0.4, -0.2) is 11.6 Å². The SMILES string of the molecule is CC(=O)C(C(=O)c1cccs1)c1ccco1. The molecule has 0 aliphatic heterocycles. The monoisotopic (exact) mass is 234 g/mol. The van der Waals surface area contributed by atoms with Gasteiger partial charge in [-0.2, -0.15) is 0 Å². The molecule has 0 aromatic carbocycles. The zero-order valence-electron chi connectivity index (χ0n) is 8.67. The summed E-state index contributed by atoms with van der Waals surface area (Å²) >= 11 is 1.33. The molecule has 4 heteroatoms. The predicted molar refractivity (Wildman–Crippen MR) is 60.8 cm³/mol. The van der Waals surface area contributed by atoms with E-state index in [0.717, 1.165) is 0 Å². The van der Waals surface area contributed by atoms with Crippen LogP contribution in [0.15, 0.2) is 40.3 Å². The van der Waals surface area contributed by atoms with Crippen molar-refractivity contribution in [2.45, 2.75) is 12.8 Å². The summed E-state index contributed by atoms with van der Waals surface area (Å²) in [7, 11) is 0. The van der Waals surface area contributed by atoms with E-state index in [1.807, 2.05) is 5.38 Å². The molecule has 1 atom stereocenters. The predicted octanol–water partition coefficient (Wildman–Crippen LogP) is 2.90. The molecule has 2 heterocycles. The first-order chi connectivity index (χ1) is 7.70. The van der Waals surface area contributed by atoms with E-state index in [1.165, 1.54) is 24.5 Å². The third-order valence-corrected chi connectivity index (χ3v) is 3.14. The molecule has 0 N–H and O–H groups in total. The fourth-order valence-corrected chi connectivity index (χ4v) is 2.23. The van der Waals surface area contributed by atoms with E-state index in [2.05, 4.69) is 0 Å². The van der Waals surface area contributed by atoms with Crippen LogP contribution in [0.4, 0.5) is 0 Å². The van der Waals surface area contributed by atoms with Gasteiger partial charge in [0, 0.05) is 0 Å². The summed E-state index contributed by atoms with van der Waals surface area (Å²) in [5.74, 6) is -0.801. The van der Waals surface area contributed by atoms with Crippen molar-refractivity contribution >= 4 is 22.9 Å². The van der Waals surface area contributed by atoms with Crippen molar-refractivity contribution in [3.8, 4) is 0 Å². The van der Waals surface area contributed by atoms with Gasteiger partial charge in [0.1, 0.15) is 17.5 Å². The summed E-state index contributed by atoms with van der Waals surface area (Å²) in [6.07, 6.45) is 1.47. The molecule has 3 nitrogen and oxygen atoms in total. The van der Waals surface area contributed by atoms with E-state index in [4.69, 9.17) is 4.42 Å². The van der Waals surface area contributed by atoms with Gasteiger partial charge in [-0.05, 0) is 30.5 Å². The number of furan rings is 1. The van der Waals surface area contributed by atoms with Crippen LogP contribution in [-0.2, 0) is 4.79 Å². The van der Waals surface area contributed by atoms with Crippen molar-refractivity contribution in [2.24, 2.45) is 0 Å². The van der Waals surface area contributed by atoms with Crippen molar-refractivity contribution in [1.29, 1.82) is 0 Å². The molecule has 2 rings (SSSR count). The van der Waals surface area contributed by atoms with Crippen LogP contribution in [0.2, 0.25) is 0 Å². The van der Waals surface area contributed by atoms with Crippen LogP contribution < -0.4 is 0 Å². The number of thiophene rings is 1. The Balaban J connectivity index is 2.35. The molecule has 0 aliphatic rings.